The highest BCUT2D eigenvalue weighted by Gasteiger charge is 2.10. The highest BCUT2D eigenvalue weighted by molar-refractivity contribution is 6.30. The first-order chi connectivity index (χ1) is 6.15. The molecule has 13 heavy (non-hydrogen) atoms. The zero-order valence-electron chi connectivity index (χ0n) is 7.33. The van der Waals surface area contributed by atoms with Gasteiger partial charge in [-0.3, -0.25) is 0 Å². The highest BCUT2D eigenvalue weighted by atomic mass is 35.5. The molecule has 1 aromatic rings. The zero-order valence-corrected chi connectivity index (χ0v) is 8.08. The summed E-state index contributed by atoms with van der Waals surface area (Å²) in [5.74, 6) is 0.147. The molecule has 72 valence electrons. The van der Waals surface area contributed by atoms with Crippen molar-refractivity contribution in [3.8, 4) is 5.75 Å². The van der Waals surface area contributed by atoms with E-state index in [1.54, 1.807) is 19.2 Å². The summed E-state index contributed by atoms with van der Waals surface area (Å²) in [6, 6.07) is 4.43. The minimum atomic E-state index is -0.344. The highest BCUT2D eigenvalue weighted by Crippen LogP contribution is 2.25. The fraction of sp³-hybridized carbons (Fsp3) is 0.333. The topological polar surface area (TPSA) is 55.5 Å². The van der Waals surface area contributed by atoms with E-state index >= 15 is 0 Å². The van der Waals surface area contributed by atoms with Crippen LogP contribution in [-0.2, 0) is 4.74 Å². The molecule has 1 rings (SSSR count). The lowest BCUT2D eigenvalue weighted by Gasteiger charge is -2.12. The van der Waals surface area contributed by atoms with Crippen LogP contribution in [0.25, 0.3) is 0 Å². The first-order valence-corrected chi connectivity index (χ1v) is 4.26. The van der Waals surface area contributed by atoms with Crippen molar-refractivity contribution in [1.82, 2.24) is 0 Å². The number of rotatable bonds is 3. The summed E-state index contributed by atoms with van der Waals surface area (Å²) in [7, 11) is 1.56. The van der Waals surface area contributed by atoms with E-state index in [0.29, 0.717) is 17.2 Å². The predicted octanol–water partition coefficient (Wildman–Crippen LogP) is 1.69. The van der Waals surface area contributed by atoms with E-state index in [1.807, 2.05) is 0 Å². The average Bonchev–Trinajstić information content (AvgIpc) is 2.09. The van der Waals surface area contributed by atoms with Crippen molar-refractivity contribution in [3.05, 3.63) is 28.8 Å². The van der Waals surface area contributed by atoms with Crippen LogP contribution in [0.1, 0.15) is 11.6 Å². The van der Waals surface area contributed by atoms with Crippen molar-refractivity contribution in [3.63, 3.8) is 0 Å². The van der Waals surface area contributed by atoms with Crippen molar-refractivity contribution < 1.29 is 9.84 Å². The Kier molecular flexibility index (Phi) is 3.54. The lowest BCUT2D eigenvalue weighted by molar-refractivity contribution is 0.180. The van der Waals surface area contributed by atoms with Crippen molar-refractivity contribution in [2.75, 3.05) is 13.7 Å². The van der Waals surface area contributed by atoms with E-state index in [0.717, 1.165) is 0 Å². The Labute approximate surface area is 82.1 Å². The molecule has 0 aliphatic rings. The molecular weight excluding hydrogens is 190 g/mol. The van der Waals surface area contributed by atoms with E-state index in [9.17, 15) is 5.11 Å². The average molecular weight is 202 g/mol. The van der Waals surface area contributed by atoms with Gasteiger partial charge in [0.2, 0.25) is 0 Å². The molecule has 0 fully saturated rings. The van der Waals surface area contributed by atoms with Crippen molar-refractivity contribution in [2.24, 2.45) is 5.73 Å². The minimum absolute atomic E-state index is 0.147. The molecule has 0 spiro atoms. The van der Waals surface area contributed by atoms with Gasteiger partial charge in [0, 0.05) is 17.7 Å². The van der Waals surface area contributed by atoms with Gasteiger partial charge in [0.15, 0.2) is 0 Å². The quantitative estimate of drug-likeness (QED) is 0.783. The maximum atomic E-state index is 9.44. The summed E-state index contributed by atoms with van der Waals surface area (Å²) in [5, 5.41) is 9.99. The number of phenolic OH excluding ortho intramolecular Hbond substituents is 1. The summed E-state index contributed by atoms with van der Waals surface area (Å²) in [6.07, 6.45) is 0. The summed E-state index contributed by atoms with van der Waals surface area (Å²) in [5.41, 5.74) is 6.34. The van der Waals surface area contributed by atoms with Gasteiger partial charge in [-0.15, -0.1) is 0 Å². The van der Waals surface area contributed by atoms with Crippen molar-refractivity contribution in [1.29, 1.82) is 0 Å². The fourth-order valence-electron chi connectivity index (χ4n) is 1.09. The third-order valence-corrected chi connectivity index (χ3v) is 1.97. The Balaban J connectivity index is 2.91. The Morgan fingerprint density at radius 2 is 2.31 bits per heavy atom. The van der Waals surface area contributed by atoms with Crippen LogP contribution in [-0.4, -0.2) is 18.8 Å². The summed E-state index contributed by atoms with van der Waals surface area (Å²) >= 11 is 5.75. The van der Waals surface area contributed by atoms with E-state index in [2.05, 4.69) is 0 Å². The molecule has 0 amide bonds. The van der Waals surface area contributed by atoms with E-state index in [1.165, 1.54) is 6.07 Å². The largest absolute Gasteiger partial charge is 0.508 e. The molecule has 4 heteroatoms. The van der Waals surface area contributed by atoms with Gasteiger partial charge in [-0.2, -0.15) is 0 Å². The molecule has 3 N–H and O–H groups in total. The molecule has 0 saturated carbocycles. The molecule has 0 radical (unpaired) electrons. The van der Waals surface area contributed by atoms with E-state index in [4.69, 9.17) is 22.1 Å². The van der Waals surface area contributed by atoms with Crippen LogP contribution in [0.3, 0.4) is 0 Å². The second-order valence-electron chi connectivity index (χ2n) is 2.76. The van der Waals surface area contributed by atoms with Gasteiger partial charge in [0.1, 0.15) is 5.75 Å². The third-order valence-electron chi connectivity index (χ3n) is 1.74. The first kappa shape index (κ1) is 10.3. The normalized spacial score (nSPS) is 12.8. The van der Waals surface area contributed by atoms with Gasteiger partial charge >= 0.3 is 0 Å². The van der Waals surface area contributed by atoms with Crippen LogP contribution in [0.5, 0.6) is 5.75 Å². The van der Waals surface area contributed by atoms with Gasteiger partial charge in [0.25, 0.3) is 0 Å². The number of ether oxygens (including phenoxy) is 1. The number of nitrogens with two attached hydrogens (primary N) is 1. The molecular formula is C9H12ClNO2. The van der Waals surface area contributed by atoms with Crippen molar-refractivity contribution >= 4 is 11.6 Å². The number of halogens is 1. The standard InChI is InChI=1S/C9H12ClNO2/c1-13-5-8(11)7-4-6(10)2-3-9(7)12/h2-4,8,12H,5,11H2,1H3/t8-/m0/s1. The first-order valence-electron chi connectivity index (χ1n) is 3.88. The number of methoxy groups -OCH3 is 1. The number of phenols is 1. The van der Waals surface area contributed by atoms with Crippen molar-refractivity contribution in [2.45, 2.75) is 6.04 Å². The Morgan fingerprint density at radius 3 is 2.92 bits per heavy atom. The number of hydrogen-bond donors (Lipinski definition) is 2. The monoisotopic (exact) mass is 201 g/mol. The Bertz CT molecular complexity index is 291. The molecule has 0 aliphatic carbocycles. The number of benzene rings is 1. The lowest BCUT2D eigenvalue weighted by atomic mass is 10.1. The molecule has 1 atom stereocenters. The molecule has 0 aliphatic heterocycles. The minimum Gasteiger partial charge on any atom is -0.508 e. The van der Waals surface area contributed by atoms with Crippen LogP contribution < -0.4 is 5.73 Å². The third kappa shape index (κ3) is 2.59. The van der Waals surface area contributed by atoms with Crippen LogP contribution in [0.2, 0.25) is 5.02 Å². The molecule has 0 unspecified atom stereocenters. The second-order valence-corrected chi connectivity index (χ2v) is 3.20. The van der Waals surface area contributed by atoms with Gasteiger partial charge in [-0.05, 0) is 18.2 Å². The summed E-state index contributed by atoms with van der Waals surface area (Å²) < 4.78 is 4.87. The van der Waals surface area contributed by atoms with Gasteiger partial charge in [-0.1, -0.05) is 11.6 Å². The van der Waals surface area contributed by atoms with E-state index < -0.39 is 0 Å². The van der Waals surface area contributed by atoms with Gasteiger partial charge < -0.3 is 15.6 Å². The van der Waals surface area contributed by atoms with E-state index in [-0.39, 0.29) is 11.8 Å². The van der Waals surface area contributed by atoms with Gasteiger partial charge in [-0.25, -0.2) is 0 Å². The molecule has 0 heterocycles. The van der Waals surface area contributed by atoms with Crippen LogP contribution in [0.15, 0.2) is 18.2 Å². The molecule has 0 bridgehead atoms. The predicted molar refractivity (Wildman–Crippen MR) is 51.9 cm³/mol. The maximum absolute atomic E-state index is 9.44. The number of aromatic hydroxyl groups is 1. The smallest absolute Gasteiger partial charge is 0.120 e. The molecule has 0 saturated heterocycles. The zero-order chi connectivity index (χ0) is 9.84. The molecule has 1 aromatic carbocycles. The van der Waals surface area contributed by atoms with Gasteiger partial charge in [0.05, 0.1) is 12.6 Å². The lowest BCUT2D eigenvalue weighted by Crippen LogP contribution is -2.16. The van der Waals surface area contributed by atoms with Crippen LogP contribution >= 0.6 is 11.6 Å². The Hall–Kier alpha value is -0.770. The Morgan fingerprint density at radius 1 is 1.62 bits per heavy atom. The molecule has 0 aromatic heterocycles. The number of hydrogen-bond acceptors (Lipinski definition) is 3. The molecule has 3 nitrogen and oxygen atoms in total. The summed E-state index contributed by atoms with van der Waals surface area (Å²) in [4.78, 5) is 0. The van der Waals surface area contributed by atoms with Crippen LogP contribution in [0.4, 0.5) is 0 Å². The summed E-state index contributed by atoms with van der Waals surface area (Å²) in [6.45, 7) is 0.355. The van der Waals surface area contributed by atoms with Crippen LogP contribution in [0, 0.1) is 0 Å². The SMILES string of the molecule is COC[C@H](N)c1cc(Cl)ccc1O. The fourth-order valence-corrected chi connectivity index (χ4v) is 1.27. The maximum Gasteiger partial charge on any atom is 0.120 e. The second kappa shape index (κ2) is 4.46.